The minimum atomic E-state index is 0.105. The standard InChI is InChI=1S/C18H24N4OS/c1-20(2)18(23)22-10-8-21(9-11-22)13-16-14-24-17(19-16)12-15-6-4-3-5-7-15/h3-7,14H,8-13H2,1-2H3. The van der Waals surface area contributed by atoms with Gasteiger partial charge in [-0.15, -0.1) is 11.3 Å². The van der Waals surface area contributed by atoms with Gasteiger partial charge < -0.3 is 9.80 Å². The van der Waals surface area contributed by atoms with Crippen LogP contribution in [0.4, 0.5) is 4.79 Å². The number of piperazine rings is 1. The van der Waals surface area contributed by atoms with Crippen molar-refractivity contribution in [1.82, 2.24) is 19.7 Å². The highest BCUT2D eigenvalue weighted by atomic mass is 32.1. The van der Waals surface area contributed by atoms with Gasteiger partial charge in [0, 0.05) is 58.6 Å². The minimum absolute atomic E-state index is 0.105. The van der Waals surface area contributed by atoms with Crippen molar-refractivity contribution in [3.05, 3.63) is 52.0 Å². The lowest BCUT2D eigenvalue weighted by Gasteiger charge is -2.35. The zero-order valence-electron chi connectivity index (χ0n) is 14.3. The van der Waals surface area contributed by atoms with E-state index in [2.05, 4.69) is 34.5 Å². The van der Waals surface area contributed by atoms with E-state index in [-0.39, 0.29) is 6.03 Å². The topological polar surface area (TPSA) is 39.7 Å². The van der Waals surface area contributed by atoms with Gasteiger partial charge in [-0.05, 0) is 5.56 Å². The van der Waals surface area contributed by atoms with Crippen LogP contribution in [0.5, 0.6) is 0 Å². The van der Waals surface area contributed by atoms with Crippen LogP contribution < -0.4 is 0 Å². The van der Waals surface area contributed by atoms with Crippen molar-refractivity contribution in [1.29, 1.82) is 0 Å². The molecule has 0 unspecified atom stereocenters. The number of urea groups is 1. The van der Waals surface area contributed by atoms with E-state index in [0.717, 1.165) is 49.8 Å². The fourth-order valence-electron chi connectivity index (χ4n) is 2.88. The van der Waals surface area contributed by atoms with Crippen LogP contribution in [0.15, 0.2) is 35.7 Å². The molecule has 0 aliphatic carbocycles. The largest absolute Gasteiger partial charge is 0.331 e. The first kappa shape index (κ1) is 16.9. The van der Waals surface area contributed by atoms with Crippen molar-refractivity contribution in [2.45, 2.75) is 13.0 Å². The number of carbonyl (C=O) groups excluding carboxylic acids is 1. The van der Waals surface area contributed by atoms with E-state index in [1.807, 2.05) is 11.0 Å². The maximum Gasteiger partial charge on any atom is 0.319 e. The van der Waals surface area contributed by atoms with Crippen molar-refractivity contribution in [3.63, 3.8) is 0 Å². The second kappa shape index (κ2) is 7.77. The smallest absolute Gasteiger partial charge is 0.319 e. The summed E-state index contributed by atoms with van der Waals surface area (Å²) >= 11 is 1.73. The van der Waals surface area contributed by atoms with Gasteiger partial charge in [0.1, 0.15) is 0 Å². The Balaban J connectivity index is 1.50. The molecule has 24 heavy (non-hydrogen) atoms. The molecule has 1 aromatic carbocycles. The summed E-state index contributed by atoms with van der Waals surface area (Å²) in [4.78, 5) is 22.7. The van der Waals surface area contributed by atoms with Crippen molar-refractivity contribution in [2.75, 3.05) is 40.3 Å². The summed E-state index contributed by atoms with van der Waals surface area (Å²) < 4.78 is 0. The third-order valence-electron chi connectivity index (χ3n) is 4.21. The molecule has 2 aromatic rings. The maximum absolute atomic E-state index is 12.0. The maximum atomic E-state index is 12.0. The van der Waals surface area contributed by atoms with E-state index in [9.17, 15) is 4.79 Å². The minimum Gasteiger partial charge on any atom is -0.331 e. The lowest BCUT2D eigenvalue weighted by Crippen LogP contribution is -2.51. The molecular formula is C18H24N4OS. The predicted molar refractivity (Wildman–Crippen MR) is 97.3 cm³/mol. The summed E-state index contributed by atoms with van der Waals surface area (Å²) in [5, 5.41) is 3.33. The van der Waals surface area contributed by atoms with Gasteiger partial charge in [-0.2, -0.15) is 0 Å². The monoisotopic (exact) mass is 344 g/mol. The molecule has 1 fully saturated rings. The number of aromatic nitrogens is 1. The molecule has 1 aliphatic heterocycles. The molecule has 0 N–H and O–H groups in total. The van der Waals surface area contributed by atoms with Gasteiger partial charge in [-0.3, -0.25) is 4.90 Å². The van der Waals surface area contributed by atoms with Crippen molar-refractivity contribution < 1.29 is 4.79 Å². The lowest BCUT2D eigenvalue weighted by atomic mass is 10.2. The van der Waals surface area contributed by atoms with E-state index in [0.29, 0.717) is 0 Å². The molecule has 1 aromatic heterocycles. The van der Waals surface area contributed by atoms with E-state index in [1.165, 1.54) is 5.56 Å². The number of thiazole rings is 1. The molecule has 2 amide bonds. The molecule has 0 radical (unpaired) electrons. The van der Waals surface area contributed by atoms with Gasteiger partial charge >= 0.3 is 6.03 Å². The highest BCUT2D eigenvalue weighted by Crippen LogP contribution is 2.17. The average molecular weight is 344 g/mol. The first-order chi connectivity index (χ1) is 11.6. The van der Waals surface area contributed by atoms with Gasteiger partial charge in [0.15, 0.2) is 0 Å². The summed E-state index contributed by atoms with van der Waals surface area (Å²) in [6, 6.07) is 10.6. The molecule has 0 atom stereocenters. The quantitative estimate of drug-likeness (QED) is 0.856. The lowest BCUT2D eigenvalue weighted by molar-refractivity contribution is 0.119. The Morgan fingerprint density at radius 2 is 1.88 bits per heavy atom. The third-order valence-corrected chi connectivity index (χ3v) is 5.11. The Kier molecular flexibility index (Phi) is 5.48. The molecule has 5 nitrogen and oxygen atoms in total. The van der Waals surface area contributed by atoms with Gasteiger partial charge in [0.25, 0.3) is 0 Å². The van der Waals surface area contributed by atoms with Crippen molar-refractivity contribution in [2.24, 2.45) is 0 Å². The molecule has 0 spiro atoms. The fraction of sp³-hybridized carbons (Fsp3) is 0.444. The van der Waals surface area contributed by atoms with E-state index < -0.39 is 0 Å². The highest BCUT2D eigenvalue weighted by Gasteiger charge is 2.22. The van der Waals surface area contributed by atoms with Crippen LogP contribution in [0.25, 0.3) is 0 Å². The van der Waals surface area contributed by atoms with Crippen LogP contribution >= 0.6 is 11.3 Å². The summed E-state index contributed by atoms with van der Waals surface area (Å²) in [7, 11) is 3.61. The number of carbonyl (C=O) groups is 1. The van der Waals surface area contributed by atoms with Crippen LogP contribution in [-0.4, -0.2) is 66.0 Å². The second-order valence-corrected chi connectivity index (χ2v) is 7.28. The Bertz CT molecular complexity index is 663. The molecule has 1 saturated heterocycles. The molecule has 0 saturated carbocycles. The number of hydrogen-bond acceptors (Lipinski definition) is 4. The average Bonchev–Trinajstić information content (AvgIpc) is 3.02. The molecule has 128 valence electrons. The normalized spacial score (nSPS) is 15.5. The van der Waals surface area contributed by atoms with Crippen LogP contribution in [0.3, 0.4) is 0 Å². The van der Waals surface area contributed by atoms with Crippen LogP contribution in [0, 0.1) is 0 Å². The number of nitrogens with zero attached hydrogens (tertiary/aromatic N) is 4. The summed E-state index contributed by atoms with van der Waals surface area (Å²) in [5.41, 5.74) is 2.44. The third kappa shape index (κ3) is 4.33. The molecule has 0 bridgehead atoms. The van der Waals surface area contributed by atoms with Crippen molar-refractivity contribution in [3.8, 4) is 0 Å². The van der Waals surface area contributed by atoms with E-state index in [1.54, 1.807) is 30.3 Å². The Morgan fingerprint density at radius 1 is 1.17 bits per heavy atom. The zero-order valence-corrected chi connectivity index (χ0v) is 15.1. The Morgan fingerprint density at radius 3 is 2.54 bits per heavy atom. The molecule has 2 heterocycles. The zero-order chi connectivity index (χ0) is 16.9. The number of amides is 2. The number of benzene rings is 1. The summed E-state index contributed by atoms with van der Waals surface area (Å²) in [6.07, 6.45) is 0.899. The molecular weight excluding hydrogens is 320 g/mol. The highest BCUT2D eigenvalue weighted by molar-refractivity contribution is 7.09. The van der Waals surface area contributed by atoms with E-state index in [4.69, 9.17) is 4.98 Å². The fourth-order valence-corrected chi connectivity index (χ4v) is 3.70. The number of hydrogen-bond donors (Lipinski definition) is 0. The second-order valence-electron chi connectivity index (χ2n) is 6.34. The van der Waals surface area contributed by atoms with Crippen LogP contribution in [0.2, 0.25) is 0 Å². The van der Waals surface area contributed by atoms with Gasteiger partial charge in [0.05, 0.1) is 10.7 Å². The first-order valence-corrected chi connectivity index (χ1v) is 9.15. The number of rotatable bonds is 4. The van der Waals surface area contributed by atoms with E-state index >= 15 is 0 Å². The SMILES string of the molecule is CN(C)C(=O)N1CCN(Cc2csc(Cc3ccccc3)n2)CC1. The summed E-state index contributed by atoms with van der Waals surface area (Å²) in [6.45, 7) is 4.27. The first-order valence-electron chi connectivity index (χ1n) is 8.27. The van der Waals surface area contributed by atoms with Gasteiger partial charge in [-0.25, -0.2) is 9.78 Å². The summed E-state index contributed by atoms with van der Waals surface area (Å²) in [5.74, 6) is 0. The van der Waals surface area contributed by atoms with Crippen LogP contribution in [-0.2, 0) is 13.0 Å². The molecule has 1 aliphatic rings. The predicted octanol–water partition coefficient (Wildman–Crippen LogP) is 2.53. The molecule has 6 heteroatoms. The Labute approximate surface area is 147 Å². The van der Waals surface area contributed by atoms with Crippen molar-refractivity contribution >= 4 is 17.4 Å². The van der Waals surface area contributed by atoms with Gasteiger partial charge in [-0.1, -0.05) is 30.3 Å². The van der Waals surface area contributed by atoms with Gasteiger partial charge in [0.2, 0.25) is 0 Å². The Hall–Kier alpha value is -1.92. The van der Waals surface area contributed by atoms with Crippen LogP contribution in [0.1, 0.15) is 16.3 Å². The molecule has 3 rings (SSSR count).